The van der Waals surface area contributed by atoms with Crippen LogP contribution in [0.5, 0.6) is 5.75 Å². The molecule has 0 saturated heterocycles. The Bertz CT molecular complexity index is 284. The highest BCUT2D eigenvalue weighted by atomic mass is 16.5. The van der Waals surface area contributed by atoms with Gasteiger partial charge in [0.25, 0.3) is 0 Å². The smallest absolute Gasteiger partial charge is 0.119 e. The maximum Gasteiger partial charge on any atom is 0.119 e. The quantitative estimate of drug-likeness (QED) is 0.631. The normalized spacial score (nSPS) is 12.3. The van der Waals surface area contributed by atoms with Gasteiger partial charge in [0.15, 0.2) is 0 Å². The highest BCUT2D eigenvalue weighted by Crippen LogP contribution is 2.18. The number of aliphatic hydroxyl groups excluding tert-OH is 1. The lowest BCUT2D eigenvalue weighted by Gasteiger charge is -2.19. The highest BCUT2D eigenvalue weighted by molar-refractivity contribution is 5.21. The summed E-state index contributed by atoms with van der Waals surface area (Å²) >= 11 is 0. The van der Waals surface area contributed by atoms with Crippen LogP contribution in [-0.2, 0) is 0 Å². The Hall–Kier alpha value is -1.02. The molecule has 0 amide bonds. The van der Waals surface area contributed by atoms with Gasteiger partial charge in [0.2, 0.25) is 0 Å². The molecule has 0 heterocycles. The van der Waals surface area contributed by atoms with Gasteiger partial charge >= 0.3 is 0 Å². The maximum atomic E-state index is 8.78. The van der Waals surface area contributed by atoms with Crippen LogP contribution in [-0.4, -0.2) is 17.8 Å². The zero-order valence-corrected chi connectivity index (χ0v) is 11.5. The molecule has 2 heteroatoms. The molecule has 18 heavy (non-hydrogen) atoms. The second-order valence-electron chi connectivity index (χ2n) is 4.77. The van der Waals surface area contributed by atoms with E-state index in [-0.39, 0.29) is 0 Å². The maximum absolute atomic E-state index is 8.78. The van der Waals surface area contributed by atoms with Crippen molar-refractivity contribution in [2.45, 2.75) is 58.0 Å². The van der Waals surface area contributed by atoms with Gasteiger partial charge < -0.3 is 9.84 Å². The van der Waals surface area contributed by atoms with Crippen molar-refractivity contribution < 1.29 is 9.84 Å². The van der Waals surface area contributed by atoms with Gasteiger partial charge in [-0.2, -0.15) is 0 Å². The molecule has 0 aliphatic rings. The molecule has 2 nitrogen and oxygen atoms in total. The molecule has 0 aliphatic carbocycles. The summed E-state index contributed by atoms with van der Waals surface area (Å²) < 4.78 is 6.03. The minimum absolute atomic E-state index is 0.305. The predicted molar refractivity (Wildman–Crippen MR) is 75.9 cm³/mol. The molecule has 1 aromatic rings. The van der Waals surface area contributed by atoms with E-state index in [1.807, 2.05) is 30.3 Å². The van der Waals surface area contributed by atoms with Crippen LogP contribution in [0, 0.1) is 0 Å². The van der Waals surface area contributed by atoms with Gasteiger partial charge in [-0.1, -0.05) is 44.4 Å². The molecule has 1 rings (SSSR count). The molecule has 102 valence electrons. The summed E-state index contributed by atoms with van der Waals surface area (Å²) in [6.07, 6.45) is 8.12. The van der Waals surface area contributed by atoms with E-state index in [1.165, 1.54) is 12.8 Å². The van der Waals surface area contributed by atoms with Gasteiger partial charge in [-0.05, 0) is 37.8 Å². The predicted octanol–water partition coefficient (Wildman–Crippen LogP) is 4.18. The van der Waals surface area contributed by atoms with E-state index in [1.54, 1.807) is 0 Å². The molecule has 0 fully saturated rings. The fourth-order valence-corrected chi connectivity index (χ4v) is 2.05. The number of hydrogen-bond donors (Lipinski definition) is 1. The van der Waals surface area contributed by atoms with Crippen molar-refractivity contribution in [2.75, 3.05) is 6.61 Å². The van der Waals surface area contributed by atoms with Gasteiger partial charge in [-0.3, -0.25) is 0 Å². The van der Waals surface area contributed by atoms with E-state index in [2.05, 4.69) is 6.92 Å². The molecule has 1 unspecified atom stereocenters. The van der Waals surface area contributed by atoms with Crippen LogP contribution >= 0.6 is 0 Å². The van der Waals surface area contributed by atoms with Gasteiger partial charge in [0.1, 0.15) is 5.75 Å². The van der Waals surface area contributed by atoms with Crippen molar-refractivity contribution in [2.24, 2.45) is 0 Å². The second-order valence-corrected chi connectivity index (χ2v) is 4.77. The Morgan fingerprint density at radius 2 is 1.72 bits per heavy atom. The molecule has 0 aliphatic heterocycles. The lowest BCUT2D eigenvalue weighted by atomic mass is 10.1. The molecule has 0 bridgehead atoms. The van der Waals surface area contributed by atoms with Crippen LogP contribution in [0.2, 0.25) is 0 Å². The van der Waals surface area contributed by atoms with E-state index in [4.69, 9.17) is 9.84 Å². The topological polar surface area (TPSA) is 29.5 Å². The van der Waals surface area contributed by atoms with Crippen LogP contribution in [0.3, 0.4) is 0 Å². The van der Waals surface area contributed by atoms with E-state index < -0.39 is 0 Å². The van der Waals surface area contributed by atoms with Gasteiger partial charge in [0.05, 0.1) is 6.10 Å². The van der Waals surface area contributed by atoms with Gasteiger partial charge in [0, 0.05) is 6.61 Å². The van der Waals surface area contributed by atoms with Crippen molar-refractivity contribution in [1.82, 2.24) is 0 Å². The molecule has 1 atom stereocenters. The molecule has 1 N–H and O–H groups in total. The lowest BCUT2D eigenvalue weighted by molar-refractivity contribution is 0.172. The molecule has 0 aromatic heterocycles. The second kappa shape index (κ2) is 9.95. The van der Waals surface area contributed by atoms with Crippen LogP contribution in [0.15, 0.2) is 30.3 Å². The minimum atomic E-state index is 0.305. The first-order valence-electron chi connectivity index (χ1n) is 7.19. The largest absolute Gasteiger partial charge is 0.490 e. The Balaban J connectivity index is 2.35. The zero-order valence-electron chi connectivity index (χ0n) is 11.5. The Morgan fingerprint density at radius 3 is 2.39 bits per heavy atom. The Morgan fingerprint density at radius 1 is 1.00 bits per heavy atom. The molecular formula is C16H26O2. The first-order valence-corrected chi connectivity index (χ1v) is 7.19. The fourth-order valence-electron chi connectivity index (χ4n) is 2.05. The lowest BCUT2D eigenvalue weighted by Crippen LogP contribution is -2.16. The number of ether oxygens (including phenoxy) is 1. The average Bonchev–Trinajstić information content (AvgIpc) is 2.41. The van der Waals surface area contributed by atoms with Crippen molar-refractivity contribution in [3.8, 4) is 5.75 Å². The van der Waals surface area contributed by atoms with E-state index in [0.717, 1.165) is 37.9 Å². The molecule has 0 radical (unpaired) electrons. The number of benzene rings is 1. The number of para-hydroxylation sites is 1. The number of unbranched alkanes of at least 4 members (excludes halogenated alkanes) is 3. The molecule has 0 spiro atoms. The van der Waals surface area contributed by atoms with Gasteiger partial charge in [-0.15, -0.1) is 0 Å². The standard InChI is InChI=1S/C16H26O2/c1-2-3-10-15(13-8-5-9-14-17)18-16-11-6-4-7-12-16/h4,6-7,11-12,15,17H,2-3,5,8-10,13-14H2,1H3. The van der Waals surface area contributed by atoms with Crippen LogP contribution in [0.25, 0.3) is 0 Å². The van der Waals surface area contributed by atoms with Crippen molar-refractivity contribution in [3.63, 3.8) is 0 Å². The third-order valence-corrected chi connectivity index (χ3v) is 3.11. The van der Waals surface area contributed by atoms with E-state index >= 15 is 0 Å². The summed E-state index contributed by atoms with van der Waals surface area (Å²) in [5.41, 5.74) is 0. The Kier molecular flexibility index (Phi) is 8.32. The SMILES string of the molecule is CCCCC(CCCCCO)Oc1ccccc1. The summed E-state index contributed by atoms with van der Waals surface area (Å²) in [5, 5.41) is 8.78. The van der Waals surface area contributed by atoms with Crippen LogP contribution in [0.4, 0.5) is 0 Å². The number of rotatable bonds is 10. The Labute approximate surface area is 111 Å². The summed E-state index contributed by atoms with van der Waals surface area (Å²) in [5.74, 6) is 0.973. The van der Waals surface area contributed by atoms with Crippen molar-refractivity contribution in [3.05, 3.63) is 30.3 Å². The highest BCUT2D eigenvalue weighted by Gasteiger charge is 2.09. The first-order chi connectivity index (χ1) is 8.86. The van der Waals surface area contributed by atoms with Gasteiger partial charge in [-0.25, -0.2) is 0 Å². The van der Waals surface area contributed by atoms with E-state index in [0.29, 0.717) is 12.7 Å². The van der Waals surface area contributed by atoms with Crippen molar-refractivity contribution in [1.29, 1.82) is 0 Å². The molecule has 1 aromatic carbocycles. The minimum Gasteiger partial charge on any atom is -0.490 e. The fraction of sp³-hybridized carbons (Fsp3) is 0.625. The number of hydrogen-bond acceptors (Lipinski definition) is 2. The average molecular weight is 250 g/mol. The summed E-state index contributed by atoms with van der Waals surface area (Å²) in [4.78, 5) is 0. The zero-order chi connectivity index (χ0) is 13.1. The summed E-state index contributed by atoms with van der Waals surface area (Å²) in [6, 6.07) is 10.1. The third-order valence-electron chi connectivity index (χ3n) is 3.11. The van der Waals surface area contributed by atoms with Crippen molar-refractivity contribution >= 4 is 0 Å². The third kappa shape index (κ3) is 6.65. The van der Waals surface area contributed by atoms with Crippen LogP contribution < -0.4 is 4.74 Å². The number of aliphatic hydroxyl groups is 1. The monoisotopic (exact) mass is 250 g/mol. The molecular weight excluding hydrogens is 224 g/mol. The van der Waals surface area contributed by atoms with Crippen LogP contribution in [0.1, 0.15) is 51.9 Å². The molecule has 0 saturated carbocycles. The summed E-state index contributed by atoms with van der Waals surface area (Å²) in [7, 11) is 0. The van der Waals surface area contributed by atoms with E-state index in [9.17, 15) is 0 Å². The summed E-state index contributed by atoms with van der Waals surface area (Å²) in [6.45, 7) is 2.52. The first kappa shape index (κ1) is 15.0.